The van der Waals surface area contributed by atoms with Crippen molar-refractivity contribution in [3.63, 3.8) is 0 Å². The molecule has 2 fully saturated rings. The largest absolute Gasteiger partial charge is 0.353 e. The molecule has 0 unspecified atom stereocenters. The molecule has 0 bridgehead atoms. The number of aromatic nitrogens is 1. The van der Waals surface area contributed by atoms with Gasteiger partial charge < -0.3 is 4.90 Å². The molecule has 1 aromatic rings. The van der Waals surface area contributed by atoms with E-state index in [4.69, 9.17) is 11.6 Å². The fourth-order valence-corrected chi connectivity index (χ4v) is 2.40. The average molecular weight is 255 g/mol. The van der Waals surface area contributed by atoms with E-state index in [1.165, 1.54) is 37.9 Å². The SMILES string of the molecule is Fc1cnc(N(CC2CC2)C2CC2)c(CCl)c1. The molecule has 1 aromatic heterocycles. The molecule has 0 spiro atoms. The number of hydrogen-bond donors (Lipinski definition) is 0. The molecular weight excluding hydrogens is 239 g/mol. The molecular formula is C13H16ClFN2. The maximum atomic E-state index is 13.1. The fourth-order valence-electron chi connectivity index (χ4n) is 2.20. The van der Waals surface area contributed by atoms with E-state index in [0.29, 0.717) is 11.9 Å². The summed E-state index contributed by atoms with van der Waals surface area (Å²) in [6.07, 6.45) is 6.40. The molecule has 2 aliphatic carbocycles. The molecule has 2 aliphatic rings. The van der Waals surface area contributed by atoms with Crippen LogP contribution in [-0.2, 0) is 5.88 Å². The number of rotatable bonds is 5. The van der Waals surface area contributed by atoms with E-state index in [1.807, 2.05) is 0 Å². The van der Waals surface area contributed by atoms with Gasteiger partial charge in [0.25, 0.3) is 0 Å². The Kier molecular flexibility index (Phi) is 2.95. The molecule has 0 saturated heterocycles. The van der Waals surface area contributed by atoms with Crippen LogP contribution in [0.25, 0.3) is 0 Å². The number of alkyl halides is 1. The van der Waals surface area contributed by atoms with Crippen LogP contribution in [0.3, 0.4) is 0 Å². The van der Waals surface area contributed by atoms with Crippen LogP contribution in [-0.4, -0.2) is 17.6 Å². The van der Waals surface area contributed by atoms with Crippen LogP contribution in [0.1, 0.15) is 31.2 Å². The molecule has 17 heavy (non-hydrogen) atoms. The zero-order chi connectivity index (χ0) is 11.8. The molecule has 2 nitrogen and oxygen atoms in total. The first-order valence-electron chi connectivity index (χ1n) is 6.25. The van der Waals surface area contributed by atoms with Crippen molar-refractivity contribution >= 4 is 17.4 Å². The Bertz CT molecular complexity index is 416. The number of hydrogen-bond acceptors (Lipinski definition) is 2. The summed E-state index contributed by atoms with van der Waals surface area (Å²) < 4.78 is 13.1. The van der Waals surface area contributed by atoms with Gasteiger partial charge in [-0.05, 0) is 37.7 Å². The summed E-state index contributed by atoms with van der Waals surface area (Å²) in [6.45, 7) is 1.06. The molecule has 92 valence electrons. The lowest BCUT2D eigenvalue weighted by molar-refractivity contribution is 0.616. The predicted octanol–water partition coefficient (Wildman–Crippen LogP) is 3.34. The van der Waals surface area contributed by atoms with Gasteiger partial charge in [-0.1, -0.05) is 0 Å². The van der Waals surface area contributed by atoms with Gasteiger partial charge in [-0.15, -0.1) is 11.6 Å². The van der Waals surface area contributed by atoms with Crippen LogP contribution in [0.15, 0.2) is 12.3 Å². The van der Waals surface area contributed by atoms with E-state index in [2.05, 4.69) is 9.88 Å². The molecule has 0 amide bonds. The normalized spacial score (nSPS) is 19.4. The Morgan fingerprint density at radius 2 is 2.12 bits per heavy atom. The van der Waals surface area contributed by atoms with Gasteiger partial charge in [-0.2, -0.15) is 0 Å². The number of pyridine rings is 1. The van der Waals surface area contributed by atoms with Crippen LogP contribution < -0.4 is 4.90 Å². The summed E-state index contributed by atoms with van der Waals surface area (Å²) in [6, 6.07) is 2.12. The van der Waals surface area contributed by atoms with Gasteiger partial charge in [0.05, 0.1) is 12.1 Å². The summed E-state index contributed by atoms with van der Waals surface area (Å²) >= 11 is 5.89. The number of anilines is 1. The van der Waals surface area contributed by atoms with E-state index < -0.39 is 0 Å². The van der Waals surface area contributed by atoms with Gasteiger partial charge in [0.1, 0.15) is 11.6 Å². The Morgan fingerprint density at radius 1 is 1.35 bits per heavy atom. The van der Waals surface area contributed by atoms with E-state index in [0.717, 1.165) is 23.8 Å². The second kappa shape index (κ2) is 4.45. The van der Waals surface area contributed by atoms with Gasteiger partial charge in [0.2, 0.25) is 0 Å². The first-order chi connectivity index (χ1) is 8.28. The van der Waals surface area contributed by atoms with E-state index in [-0.39, 0.29) is 5.82 Å². The molecule has 0 aliphatic heterocycles. The highest BCUT2D eigenvalue weighted by molar-refractivity contribution is 6.17. The Labute approximate surface area is 106 Å². The Hall–Kier alpha value is -0.830. The zero-order valence-electron chi connectivity index (χ0n) is 9.70. The minimum atomic E-state index is -0.299. The first-order valence-corrected chi connectivity index (χ1v) is 6.78. The van der Waals surface area contributed by atoms with E-state index >= 15 is 0 Å². The Balaban J connectivity index is 1.87. The van der Waals surface area contributed by atoms with Crippen molar-refractivity contribution in [3.8, 4) is 0 Å². The minimum Gasteiger partial charge on any atom is -0.353 e. The second-order valence-electron chi connectivity index (χ2n) is 5.10. The van der Waals surface area contributed by atoms with Crippen molar-refractivity contribution in [2.45, 2.75) is 37.6 Å². The predicted molar refractivity (Wildman–Crippen MR) is 66.8 cm³/mol. The van der Waals surface area contributed by atoms with E-state index in [1.54, 1.807) is 0 Å². The van der Waals surface area contributed by atoms with Gasteiger partial charge in [-0.25, -0.2) is 9.37 Å². The van der Waals surface area contributed by atoms with Gasteiger partial charge in [-0.3, -0.25) is 0 Å². The standard InChI is InChI=1S/C13H16ClFN2/c14-6-10-5-11(15)7-16-13(10)17(12-3-4-12)8-9-1-2-9/h5,7,9,12H,1-4,6,8H2. The van der Waals surface area contributed by atoms with Crippen LogP contribution in [0.5, 0.6) is 0 Å². The third kappa shape index (κ3) is 2.54. The maximum Gasteiger partial charge on any atom is 0.141 e. The van der Waals surface area contributed by atoms with Crippen molar-refractivity contribution in [2.75, 3.05) is 11.4 Å². The summed E-state index contributed by atoms with van der Waals surface area (Å²) in [5.41, 5.74) is 0.819. The van der Waals surface area contributed by atoms with Crippen molar-refractivity contribution in [1.29, 1.82) is 0 Å². The minimum absolute atomic E-state index is 0.299. The summed E-state index contributed by atoms with van der Waals surface area (Å²) in [5.74, 6) is 1.74. The first kappa shape index (κ1) is 11.3. The molecule has 1 heterocycles. The number of halogens is 2. The third-order valence-electron chi connectivity index (χ3n) is 3.46. The molecule has 0 radical (unpaired) electrons. The van der Waals surface area contributed by atoms with Crippen LogP contribution in [0, 0.1) is 11.7 Å². The average Bonchev–Trinajstić information content (AvgIpc) is 3.18. The molecule has 0 aromatic carbocycles. The second-order valence-corrected chi connectivity index (χ2v) is 5.36. The van der Waals surface area contributed by atoms with Gasteiger partial charge in [0, 0.05) is 18.2 Å². The van der Waals surface area contributed by atoms with Crippen LogP contribution in [0.2, 0.25) is 0 Å². The summed E-state index contributed by atoms with van der Waals surface area (Å²) in [5, 5.41) is 0. The van der Waals surface area contributed by atoms with Crippen molar-refractivity contribution in [1.82, 2.24) is 4.98 Å². The van der Waals surface area contributed by atoms with E-state index in [9.17, 15) is 4.39 Å². The smallest absolute Gasteiger partial charge is 0.141 e. The van der Waals surface area contributed by atoms with Crippen molar-refractivity contribution < 1.29 is 4.39 Å². The summed E-state index contributed by atoms with van der Waals surface area (Å²) in [4.78, 5) is 6.60. The van der Waals surface area contributed by atoms with Gasteiger partial charge >= 0.3 is 0 Å². The lowest BCUT2D eigenvalue weighted by Crippen LogP contribution is -2.29. The highest BCUT2D eigenvalue weighted by Crippen LogP contribution is 2.38. The number of nitrogens with zero attached hydrogens (tertiary/aromatic N) is 2. The lowest BCUT2D eigenvalue weighted by atomic mass is 10.2. The highest BCUT2D eigenvalue weighted by Gasteiger charge is 2.35. The third-order valence-corrected chi connectivity index (χ3v) is 3.75. The van der Waals surface area contributed by atoms with Crippen LogP contribution >= 0.6 is 11.6 Å². The fraction of sp³-hybridized carbons (Fsp3) is 0.615. The molecule has 0 N–H and O–H groups in total. The molecule has 3 rings (SSSR count). The lowest BCUT2D eigenvalue weighted by Gasteiger charge is -2.25. The molecule has 4 heteroatoms. The topological polar surface area (TPSA) is 16.1 Å². The maximum absolute atomic E-state index is 13.1. The zero-order valence-corrected chi connectivity index (χ0v) is 10.5. The quantitative estimate of drug-likeness (QED) is 0.750. The molecule has 2 saturated carbocycles. The van der Waals surface area contributed by atoms with Crippen LogP contribution in [0.4, 0.5) is 10.2 Å². The summed E-state index contributed by atoms with van der Waals surface area (Å²) in [7, 11) is 0. The van der Waals surface area contributed by atoms with Gasteiger partial charge in [0.15, 0.2) is 0 Å². The highest BCUT2D eigenvalue weighted by atomic mass is 35.5. The Morgan fingerprint density at radius 3 is 2.71 bits per heavy atom. The monoisotopic (exact) mass is 254 g/mol. The van der Waals surface area contributed by atoms with Crippen molar-refractivity contribution in [3.05, 3.63) is 23.6 Å². The van der Waals surface area contributed by atoms with Crippen molar-refractivity contribution in [2.24, 2.45) is 5.92 Å². The molecule has 0 atom stereocenters.